The molecule has 0 N–H and O–H groups in total. The molecule has 0 aromatic rings. The quantitative estimate of drug-likeness (QED) is 0.678. The molecule has 0 spiro atoms. The van der Waals surface area contributed by atoms with E-state index in [1.54, 1.807) is 6.92 Å². The van der Waals surface area contributed by atoms with E-state index in [9.17, 15) is 4.79 Å². The standard InChI is InChI=1S/C12H25NO/c1-9(2)13(10(3)4)12(6,7)8-11(5)14/h9-10H,8H2,1-7H3. The fraction of sp³-hybridized carbons (Fsp3) is 0.917. The van der Waals surface area contributed by atoms with Gasteiger partial charge in [-0.1, -0.05) is 0 Å². The van der Waals surface area contributed by atoms with Crippen LogP contribution in [0.1, 0.15) is 54.9 Å². The maximum absolute atomic E-state index is 11.2. The van der Waals surface area contributed by atoms with Crippen LogP contribution in [0, 0.1) is 0 Å². The lowest BCUT2D eigenvalue weighted by Gasteiger charge is -2.44. The average molecular weight is 199 g/mol. The van der Waals surface area contributed by atoms with Gasteiger partial charge in [-0.05, 0) is 48.5 Å². The molecule has 2 heteroatoms. The third-order valence-corrected chi connectivity index (χ3v) is 2.49. The van der Waals surface area contributed by atoms with Crippen LogP contribution in [-0.4, -0.2) is 28.3 Å². The van der Waals surface area contributed by atoms with Crippen LogP contribution in [-0.2, 0) is 4.79 Å². The summed E-state index contributed by atoms with van der Waals surface area (Å²) in [5, 5.41) is 0. The zero-order chi connectivity index (χ0) is 11.5. The van der Waals surface area contributed by atoms with Gasteiger partial charge in [0.15, 0.2) is 0 Å². The predicted molar refractivity (Wildman–Crippen MR) is 61.5 cm³/mol. The normalized spacial score (nSPS) is 13.0. The van der Waals surface area contributed by atoms with Gasteiger partial charge in [-0.25, -0.2) is 0 Å². The topological polar surface area (TPSA) is 20.3 Å². The van der Waals surface area contributed by atoms with E-state index in [2.05, 4.69) is 46.4 Å². The summed E-state index contributed by atoms with van der Waals surface area (Å²) in [6.45, 7) is 14.7. The monoisotopic (exact) mass is 199 g/mol. The number of rotatable bonds is 5. The number of hydrogen-bond donors (Lipinski definition) is 0. The molecule has 0 rings (SSSR count). The molecule has 0 amide bonds. The molecule has 0 aromatic carbocycles. The summed E-state index contributed by atoms with van der Waals surface area (Å²) in [7, 11) is 0. The Balaban J connectivity index is 4.71. The van der Waals surface area contributed by atoms with Crippen molar-refractivity contribution in [3.8, 4) is 0 Å². The highest BCUT2D eigenvalue weighted by Crippen LogP contribution is 2.24. The number of carbonyl (C=O) groups excluding carboxylic acids is 1. The van der Waals surface area contributed by atoms with Gasteiger partial charge in [0.2, 0.25) is 0 Å². The SMILES string of the molecule is CC(=O)CC(C)(C)N(C(C)C)C(C)C. The minimum absolute atomic E-state index is 0.0336. The van der Waals surface area contributed by atoms with E-state index in [1.807, 2.05) is 0 Å². The molecule has 2 nitrogen and oxygen atoms in total. The van der Waals surface area contributed by atoms with E-state index in [4.69, 9.17) is 0 Å². The Morgan fingerprint density at radius 2 is 1.50 bits per heavy atom. The molecule has 0 fully saturated rings. The van der Waals surface area contributed by atoms with E-state index >= 15 is 0 Å². The number of ketones is 1. The number of hydrogen-bond acceptors (Lipinski definition) is 2. The molecular formula is C12H25NO. The Hall–Kier alpha value is -0.370. The summed E-state index contributed by atoms with van der Waals surface area (Å²) < 4.78 is 0. The first-order valence-electron chi connectivity index (χ1n) is 5.46. The van der Waals surface area contributed by atoms with Crippen molar-refractivity contribution < 1.29 is 4.79 Å². The first-order valence-corrected chi connectivity index (χ1v) is 5.46. The second kappa shape index (κ2) is 4.92. The van der Waals surface area contributed by atoms with E-state index in [0.29, 0.717) is 18.5 Å². The predicted octanol–water partition coefficient (Wildman–Crippen LogP) is 2.86. The molecule has 0 aliphatic carbocycles. The highest BCUT2D eigenvalue weighted by atomic mass is 16.1. The Morgan fingerprint density at radius 1 is 1.14 bits per heavy atom. The Morgan fingerprint density at radius 3 is 1.71 bits per heavy atom. The van der Waals surface area contributed by atoms with Crippen molar-refractivity contribution in [2.45, 2.75) is 72.5 Å². The molecule has 14 heavy (non-hydrogen) atoms. The average Bonchev–Trinajstić information content (AvgIpc) is 1.77. The summed E-state index contributed by atoms with van der Waals surface area (Å²) in [6, 6.07) is 0.952. The van der Waals surface area contributed by atoms with Crippen LogP contribution >= 0.6 is 0 Å². The molecule has 0 atom stereocenters. The van der Waals surface area contributed by atoms with Crippen LogP contribution < -0.4 is 0 Å². The van der Waals surface area contributed by atoms with E-state index in [1.165, 1.54) is 0 Å². The summed E-state index contributed by atoms with van der Waals surface area (Å²) >= 11 is 0. The minimum atomic E-state index is -0.0336. The van der Waals surface area contributed by atoms with Gasteiger partial charge in [0.1, 0.15) is 5.78 Å². The first kappa shape index (κ1) is 13.6. The number of Topliss-reactive ketones (excluding diaryl/α,β-unsaturated/α-hetero) is 1. The lowest BCUT2D eigenvalue weighted by molar-refractivity contribution is -0.120. The summed E-state index contributed by atoms with van der Waals surface area (Å²) in [5.41, 5.74) is -0.0336. The largest absolute Gasteiger partial charge is 0.300 e. The Labute approximate surface area is 88.7 Å². The molecule has 0 aliphatic rings. The van der Waals surface area contributed by atoms with E-state index in [0.717, 1.165) is 0 Å². The molecule has 0 aliphatic heterocycles. The maximum atomic E-state index is 11.2. The summed E-state index contributed by atoms with van der Waals surface area (Å²) in [4.78, 5) is 13.6. The number of carbonyl (C=O) groups is 1. The summed E-state index contributed by atoms with van der Waals surface area (Å²) in [6.07, 6.45) is 0.628. The van der Waals surface area contributed by atoms with Gasteiger partial charge in [0.25, 0.3) is 0 Å². The van der Waals surface area contributed by atoms with Crippen LogP contribution in [0.15, 0.2) is 0 Å². The highest BCUT2D eigenvalue weighted by Gasteiger charge is 2.31. The van der Waals surface area contributed by atoms with E-state index < -0.39 is 0 Å². The second-order valence-electron chi connectivity index (χ2n) is 5.29. The molecule has 84 valence electrons. The smallest absolute Gasteiger partial charge is 0.131 e. The van der Waals surface area contributed by atoms with Crippen LogP contribution in [0.4, 0.5) is 0 Å². The van der Waals surface area contributed by atoms with Gasteiger partial charge >= 0.3 is 0 Å². The third kappa shape index (κ3) is 3.79. The van der Waals surface area contributed by atoms with Crippen molar-refractivity contribution in [1.82, 2.24) is 4.90 Å². The molecule has 0 unspecified atom stereocenters. The molecule has 0 heterocycles. The van der Waals surface area contributed by atoms with Crippen LogP contribution in [0.3, 0.4) is 0 Å². The van der Waals surface area contributed by atoms with Crippen molar-refractivity contribution >= 4 is 5.78 Å². The van der Waals surface area contributed by atoms with E-state index in [-0.39, 0.29) is 11.3 Å². The van der Waals surface area contributed by atoms with Crippen LogP contribution in [0.2, 0.25) is 0 Å². The van der Waals surface area contributed by atoms with Gasteiger partial charge in [-0.15, -0.1) is 0 Å². The zero-order valence-electron chi connectivity index (χ0n) is 10.7. The van der Waals surface area contributed by atoms with Crippen LogP contribution in [0.5, 0.6) is 0 Å². The lowest BCUT2D eigenvalue weighted by Crippen LogP contribution is -2.52. The summed E-state index contributed by atoms with van der Waals surface area (Å²) in [5.74, 6) is 0.265. The first-order chi connectivity index (χ1) is 6.18. The Kier molecular flexibility index (Phi) is 4.79. The van der Waals surface area contributed by atoms with Gasteiger partial charge < -0.3 is 0 Å². The lowest BCUT2D eigenvalue weighted by atomic mass is 9.92. The van der Waals surface area contributed by atoms with Crippen molar-refractivity contribution in [1.29, 1.82) is 0 Å². The van der Waals surface area contributed by atoms with Crippen molar-refractivity contribution in [2.24, 2.45) is 0 Å². The van der Waals surface area contributed by atoms with Gasteiger partial charge in [0.05, 0.1) is 0 Å². The Bertz CT molecular complexity index is 186. The molecule has 0 saturated carbocycles. The fourth-order valence-electron chi connectivity index (χ4n) is 2.69. The molecular weight excluding hydrogens is 174 g/mol. The molecule has 0 saturated heterocycles. The van der Waals surface area contributed by atoms with Gasteiger partial charge in [-0.2, -0.15) is 0 Å². The highest BCUT2D eigenvalue weighted by molar-refractivity contribution is 5.76. The van der Waals surface area contributed by atoms with Crippen molar-refractivity contribution in [2.75, 3.05) is 0 Å². The molecule has 0 radical (unpaired) electrons. The minimum Gasteiger partial charge on any atom is -0.300 e. The van der Waals surface area contributed by atoms with Crippen molar-refractivity contribution in [3.05, 3.63) is 0 Å². The molecule has 0 aromatic heterocycles. The fourth-order valence-corrected chi connectivity index (χ4v) is 2.69. The van der Waals surface area contributed by atoms with Gasteiger partial charge in [0, 0.05) is 24.0 Å². The van der Waals surface area contributed by atoms with Crippen LogP contribution in [0.25, 0.3) is 0 Å². The van der Waals surface area contributed by atoms with Crippen molar-refractivity contribution in [3.63, 3.8) is 0 Å². The van der Waals surface area contributed by atoms with Gasteiger partial charge in [-0.3, -0.25) is 9.69 Å². The third-order valence-electron chi connectivity index (χ3n) is 2.49. The maximum Gasteiger partial charge on any atom is 0.131 e. The molecule has 0 bridgehead atoms. The second-order valence-corrected chi connectivity index (χ2v) is 5.29. The zero-order valence-corrected chi connectivity index (χ0v) is 10.7. The number of nitrogens with zero attached hydrogens (tertiary/aromatic N) is 1.